The summed E-state index contributed by atoms with van der Waals surface area (Å²) in [5.41, 5.74) is 0.0605. The number of aromatic nitrogens is 1. The van der Waals surface area contributed by atoms with E-state index < -0.39 is 0 Å². The number of rotatable bonds is 7. The largest absolute Gasteiger partial charge is 0.373 e. The molecule has 0 aliphatic rings. The zero-order valence-corrected chi connectivity index (χ0v) is 12.9. The summed E-state index contributed by atoms with van der Waals surface area (Å²) >= 11 is 0. The molecule has 0 aromatic carbocycles. The average Bonchev–Trinajstić information content (AvgIpc) is 2.36. The van der Waals surface area contributed by atoms with Gasteiger partial charge in [0, 0.05) is 26.2 Å². The highest BCUT2D eigenvalue weighted by atomic mass is 16.6. The summed E-state index contributed by atoms with van der Waals surface area (Å²) in [7, 11) is 1.76. The van der Waals surface area contributed by atoms with Gasteiger partial charge in [0.15, 0.2) is 0 Å². The lowest BCUT2D eigenvalue weighted by atomic mass is 10.1. The van der Waals surface area contributed by atoms with E-state index in [1.165, 1.54) is 6.07 Å². The average molecular weight is 280 g/mol. The van der Waals surface area contributed by atoms with Gasteiger partial charge in [0.1, 0.15) is 5.82 Å². The first-order chi connectivity index (χ1) is 9.35. The molecule has 112 valence electrons. The molecule has 0 unspecified atom stereocenters. The fourth-order valence-corrected chi connectivity index (χ4v) is 2.08. The van der Waals surface area contributed by atoms with Crippen molar-refractivity contribution in [1.29, 1.82) is 0 Å². The fourth-order valence-electron chi connectivity index (χ4n) is 2.08. The zero-order valence-electron chi connectivity index (χ0n) is 12.9. The first kappa shape index (κ1) is 16.2. The minimum absolute atomic E-state index is 0.0605. The number of anilines is 2. The monoisotopic (exact) mass is 280 g/mol. The molecule has 0 bridgehead atoms. The van der Waals surface area contributed by atoms with Crippen LogP contribution < -0.4 is 10.2 Å². The summed E-state index contributed by atoms with van der Waals surface area (Å²) in [6, 6.07) is 3.15. The number of nitro groups is 1. The van der Waals surface area contributed by atoms with Crippen molar-refractivity contribution in [3.8, 4) is 0 Å². The third-order valence-corrected chi connectivity index (χ3v) is 2.78. The Morgan fingerprint density at radius 1 is 1.25 bits per heavy atom. The fraction of sp³-hybridized carbons (Fsp3) is 0.643. The van der Waals surface area contributed by atoms with Gasteiger partial charge in [0.2, 0.25) is 5.82 Å². The third kappa shape index (κ3) is 4.36. The number of pyridine rings is 1. The molecule has 0 spiro atoms. The molecule has 1 heterocycles. The van der Waals surface area contributed by atoms with Gasteiger partial charge in [-0.15, -0.1) is 0 Å². The molecular formula is C14H24N4O2. The van der Waals surface area contributed by atoms with E-state index in [4.69, 9.17) is 0 Å². The molecule has 0 amide bonds. The third-order valence-electron chi connectivity index (χ3n) is 2.78. The van der Waals surface area contributed by atoms with Crippen molar-refractivity contribution >= 4 is 17.3 Å². The summed E-state index contributed by atoms with van der Waals surface area (Å²) in [6.07, 6.45) is 0. The molecule has 1 rings (SSSR count). The van der Waals surface area contributed by atoms with Crippen LogP contribution in [0.25, 0.3) is 0 Å². The van der Waals surface area contributed by atoms with E-state index in [9.17, 15) is 10.1 Å². The lowest BCUT2D eigenvalue weighted by Gasteiger charge is -2.27. The van der Waals surface area contributed by atoms with Crippen molar-refractivity contribution in [1.82, 2.24) is 4.98 Å². The molecule has 1 aromatic heterocycles. The van der Waals surface area contributed by atoms with E-state index in [-0.39, 0.29) is 10.6 Å². The van der Waals surface area contributed by atoms with E-state index in [0.717, 1.165) is 13.1 Å². The molecule has 0 atom stereocenters. The lowest BCUT2D eigenvalue weighted by Crippen LogP contribution is -2.32. The molecule has 0 fully saturated rings. The Balaban J connectivity index is 3.23. The number of hydrogen-bond acceptors (Lipinski definition) is 5. The van der Waals surface area contributed by atoms with Crippen LogP contribution >= 0.6 is 0 Å². The van der Waals surface area contributed by atoms with Crippen LogP contribution in [0.4, 0.5) is 17.3 Å². The molecular weight excluding hydrogens is 256 g/mol. The van der Waals surface area contributed by atoms with Crippen molar-refractivity contribution < 1.29 is 4.92 Å². The Morgan fingerprint density at radius 3 is 2.20 bits per heavy atom. The summed E-state index contributed by atoms with van der Waals surface area (Å²) in [5, 5.41) is 14.2. The Kier molecular flexibility index (Phi) is 5.73. The standard InChI is InChI=1S/C14H24N4O2/c1-10(2)8-17(9-11(3)4)14-12(18(19)20)6-7-13(15-5)16-14/h6-7,10-11H,8-9H2,1-5H3,(H,15,16). The second-order valence-electron chi connectivity index (χ2n) is 5.74. The van der Waals surface area contributed by atoms with Crippen molar-refractivity contribution in [2.45, 2.75) is 27.7 Å². The molecule has 1 N–H and O–H groups in total. The maximum atomic E-state index is 11.2. The Bertz CT molecular complexity index is 450. The van der Waals surface area contributed by atoms with Crippen LogP contribution in [0.1, 0.15) is 27.7 Å². The first-order valence-corrected chi connectivity index (χ1v) is 6.93. The highest BCUT2D eigenvalue weighted by Crippen LogP contribution is 2.28. The van der Waals surface area contributed by atoms with E-state index in [1.807, 2.05) is 4.90 Å². The molecule has 1 aromatic rings. The number of hydrogen-bond donors (Lipinski definition) is 1. The van der Waals surface area contributed by atoms with Crippen LogP contribution in [0.5, 0.6) is 0 Å². The van der Waals surface area contributed by atoms with Gasteiger partial charge in [-0.05, 0) is 17.9 Å². The van der Waals surface area contributed by atoms with Crippen molar-refractivity contribution in [3.05, 3.63) is 22.2 Å². The molecule has 20 heavy (non-hydrogen) atoms. The minimum Gasteiger partial charge on any atom is -0.373 e. The number of nitrogens with zero attached hydrogens (tertiary/aromatic N) is 3. The maximum Gasteiger partial charge on any atom is 0.311 e. The van der Waals surface area contributed by atoms with Crippen LogP contribution in [-0.4, -0.2) is 30.0 Å². The second kappa shape index (κ2) is 7.07. The minimum atomic E-state index is -0.366. The quantitative estimate of drug-likeness (QED) is 0.613. The summed E-state index contributed by atoms with van der Waals surface area (Å²) in [5.74, 6) is 1.91. The topological polar surface area (TPSA) is 71.3 Å². The predicted molar refractivity (Wildman–Crippen MR) is 82.3 cm³/mol. The predicted octanol–water partition coefficient (Wildman–Crippen LogP) is 3.15. The molecule has 6 heteroatoms. The summed E-state index contributed by atoms with van der Waals surface area (Å²) < 4.78 is 0. The Hall–Kier alpha value is -1.85. The van der Waals surface area contributed by atoms with Crippen LogP contribution in [0.3, 0.4) is 0 Å². The molecule has 0 aliphatic carbocycles. The molecule has 0 saturated heterocycles. The molecule has 0 aliphatic heterocycles. The van der Waals surface area contributed by atoms with Crippen LogP contribution in [-0.2, 0) is 0 Å². The zero-order chi connectivity index (χ0) is 15.3. The normalized spacial score (nSPS) is 10.9. The van der Waals surface area contributed by atoms with E-state index in [1.54, 1.807) is 13.1 Å². The SMILES string of the molecule is CNc1ccc([N+](=O)[O-])c(N(CC(C)C)CC(C)C)n1. The highest BCUT2D eigenvalue weighted by Gasteiger charge is 2.23. The van der Waals surface area contributed by atoms with Gasteiger partial charge < -0.3 is 10.2 Å². The first-order valence-electron chi connectivity index (χ1n) is 6.93. The smallest absolute Gasteiger partial charge is 0.311 e. The highest BCUT2D eigenvalue weighted by molar-refractivity contribution is 5.61. The van der Waals surface area contributed by atoms with Gasteiger partial charge in [0.25, 0.3) is 0 Å². The van der Waals surface area contributed by atoms with Gasteiger partial charge in [-0.2, -0.15) is 0 Å². The van der Waals surface area contributed by atoms with Crippen molar-refractivity contribution in [3.63, 3.8) is 0 Å². The Labute approximate surface area is 120 Å². The van der Waals surface area contributed by atoms with Gasteiger partial charge in [-0.1, -0.05) is 27.7 Å². The molecule has 0 saturated carbocycles. The van der Waals surface area contributed by atoms with Crippen LogP contribution in [0.2, 0.25) is 0 Å². The lowest BCUT2D eigenvalue weighted by molar-refractivity contribution is -0.384. The Morgan fingerprint density at radius 2 is 1.80 bits per heavy atom. The number of nitrogens with one attached hydrogen (secondary N) is 1. The summed E-state index contributed by atoms with van der Waals surface area (Å²) in [6.45, 7) is 9.89. The van der Waals surface area contributed by atoms with Gasteiger partial charge in [-0.3, -0.25) is 10.1 Å². The van der Waals surface area contributed by atoms with E-state index in [0.29, 0.717) is 23.5 Å². The van der Waals surface area contributed by atoms with Gasteiger partial charge in [-0.25, -0.2) is 4.98 Å². The van der Waals surface area contributed by atoms with Gasteiger partial charge in [0.05, 0.1) is 4.92 Å². The summed E-state index contributed by atoms with van der Waals surface area (Å²) in [4.78, 5) is 17.3. The van der Waals surface area contributed by atoms with Crippen molar-refractivity contribution in [2.75, 3.05) is 30.4 Å². The van der Waals surface area contributed by atoms with E-state index in [2.05, 4.69) is 38.0 Å². The maximum absolute atomic E-state index is 11.2. The van der Waals surface area contributed by atoms with Crippen LogP contribution in [0.15, 0.2) is 12.1 Å². The molecule has 6 nitrogen and oxygen atoms in total. The van der Waals surface area contributed by atoms with E-state index >= 15 is 0 Å². The van der Waals surface area contributed by atoms with Gasteiger partial charge >= 0.3 is 5.69 Å². The second-order valence-corrected chi connectivity index (χ2v) is 5.74. The van der Waals surface area contributed by atoms with Crippen LogP contribution in [0, 0.1) is 22.0 Å². The van der Waals surface area contributed by atoms with Crippen molar-refractivity contribution in [2.24, 2.45) is 11.8 Å². The molecule has 0 radical (unpaired) electrons.